The summed E-state index contributed by atoms with van der Waals surface area (Å²) >= 11 is 1.60. The molecule has 3 aromatic rings. The monoisotopic (exact) mass is 436 g/mol. The number of benzene rings is 1. The lowest BCUT2D eigenvalue weighted by atomic mass is 10.3. The molecule has 31 heavy (non-hydrogen) atoms. The van der Waals surface area contributed by atoms with E-state index in [1.165, 1.54) is 0 Å². The minimum Gasteiger partial charge on any atom is -0.326 e. The fourth-order valence-electron chi connectivity index (χ4n) is 3.36. The number of hydrogen-bond acceptors (Lipinski definition) is 7. The number of amides is 1. The summed E-state index contributed by atoms with van der Waals surface area (Å²) in [5.74, 6) is 2.80. The Morgan fingerprint density at radius 1 is 1.32 bits per heavy atom. The van der Waals surface area contributed by atoms with Crippen molar-refractivity contribution in [1.29, 1.82) is 0 Å². The van der Waals surface area contributed by atoms with Gasteiger partial charge in [-0.2, -0.15) is 5.10 Å². The summed E-state index contributed by atoms with van der Waals surface area (Å²) in [6.07, 6.45) is 5.98. The number of hydrogen-bond donors (Lipinski definition) is 4. The van der Waals surface area contributed by atoms with E-state index in [1.54, 1.807) is 11.9 Å². The van der Waals surface area contributed by atoms with Crippen LogP contribution in [0.4, 0.5) is 11.5 Å². The third-order valence-corrected chi connectivity index (χ3v) is 6.07. The summed E-state index contributed by atoms with van der Waals surface area (Å²) in [7, 11) is 0. The van der Waals surface area contributed by atoms with Crippen molar-refractivity contribution in [2.75, 3.05) is 10.6 Å². The van der Waals surface area contributed by atoms with Gasteiger partial charge in [-0.05, 0) is 56.0 Å². The predicted octanol–water partition coefficient (Wildman–Crippen LogP) is 3.11. The summed E-state index contributed by atoms with van der Waals surface area (Å²) in [5, 5.41) is 13.6. The van der Waals surface area contributed by atoms with Gasteiger partial charge in [-0.15, -0.1) is 0 Å². The second kappa shape index (κ2) is 8.12. The van der Waals surface area contributed by atoms with E-state index in [9.17, 15) is 4.79 Å². The summed E-state index contributed by atoms with van der Waals surface area (Å²) < 4.78 is 4.13. The first kappa shape index (κ1) is 19.7. The largest absolute Gasteiger partial charge is 0.326 e. The lowest BCUT2D eigenvalue weighted by molar-refractivity contribution is -0.117. The second-order valence-electron chi connectivity index (χ2n) is 7.75. The molecule has 1 amide bonds. The average molecular weight is 437 g/mol. The molecule has 3 heterocycles. The first-order valence-corrected chi connectivity index (χ1v) is 11.0. The van der Waals surface area contributed by atoms with E-state index >= 15 is 0 Å². The van der Waals surface area contributed by atoms with E-state index in [1.807, 2.05) is 54.2 Å². The van der Waals surface area contributed by atoms with Gasteiger partial charge in [-0.1, -0.05) is 0 Å². The lowest BCUT2D eigenvalue weighted by Crippen LogP contribution is -2.23. The minimum absolute atomic E-state index is 0.117. The van der Waals surface area contributed by atoms with Crippen molar-refractivity contribution >= 4 is 35.2 Å². The van der Waals surface area contributed by atoms with Crippen molar-refractivity contribution in [3.63, 3.8) is 0 Å². The van der Waals surface area contributed by atoms with Gasteiger partial charge in [0.2, 0.25) is 5.91 Å². The molecule has 2 aliphatic rings. The smallest absolute Gasteiger partial charge is 0.227 e. The Labute approximate surface area is 184 Å². The van der Waals surface area contributed by atoms with Gasteiger partial charge in [0.15, 0.2) is 5.82 Å². The molecule has 1 aliphatic carbocycles. The maximum atomic E-state index is 11.9. The molecule has 2 aromatic heterocycles. The Bertz CT molecular complexity index is 1130. The highest BCUT2D eigenvalue weighted by Crippen LogP contribution is 2.32. The Morgan fingerprint density at radius 3 is 2.81 bits per heavy atom. The van der Waals surface area contributed by atoms with E-state index < -0.39 is 0 Å². The molecule has 9 nitrogen and oxygen atoms in total. The number of rotatable bonds is 7. The molecular weight excluding hydrogens is 412 g/mol. The highest BCUT2D eigenvalue weighted by molar-refractivity contribution is 7.97. The topological polar surface area (TPSA) is 117 Å². The van der Waals surface area contributed by atoms with Crippen LogP contribution in [0.3, 0.4) is 0 Å². The first-order chi connectivity index (χ1) is 15.1. The summed E-state index contributed by atoms with van der Waals surface area (Å²) in [6, 6.07) is 9.85. The second-order valence-corrected chi connectivity index (χ2v) is 8.88. The number of carbonyl (C=O) groups is 1. The molecule has 0 radical (unpaired) electrons. The number of fused-ring (bicyclic) bond motifs is 1. The Balaban J connectivity index is 1.33. The number of carbonyl (C=O) groups excluding carboxylic acids is 1. The van der Waals surface area contributed by atoms with Crippen LogP contribution >= 0.6 is 11.9 Å². The number of aromatic nitrogens is 4. The maximum absolute atomic E-state index is 11.9. The average Bonchev–Trinajstić information content (AvgIpc) is 3.41. The zero-order valence-corrected chi connectivity index (χ0v) is 17.9. The lowest BCUT2D eigenvalue weighted by Gasteiger charge is -2.26. The highest BCUT2D eigenvalue weighted by Gasteiger charge is 2.29. The normalized spacial score (nSPS) is 15.4. The molecule has 5 N–H and O–H groups in total. The van der Waals surface area contributed by atoms with Gasteiger partial charge in [-0.3, -0.25) is 14.5 Å². The number of nitrogens with zero attached hydrogens (tertiary/aromatic N) is 4. The fourth-order valence-corrected chi connectivity index (χ4v) is 4.22. The molecule has 10 heteroatoms. The maximum Gasteiger partial charge on any atom is 0.227 e. The molecule has 160 valence electrons. The van der Waals surface area contributed by atoms with Gasteiger partial charge in [0.25, 0.3) is 0 Å². The minimum atomic E-state index is 0.117. The van der Waals surface area contributed by atoms with Crippen LogP contribution in [0, 0.1) is 12.8 Å². The van der Waals surface area contributed by atoms with E-state index in [4.69, 9.17) is 5.73 Å². The molecular formula is C21H24N8OS. The molecule has 1 saturated carbocycles. The van der Waals surface area contributed by atoms with Crippen LogP contribution in [0.15, 0.2) is 47.6 Å². The Kier molecular flexibility index (Phi) is 5.16. The predicted molar refractivity (Wildman–Crippen MR) is 121 cm³/mol. The summed E-state index contributed by atoms with van der Waals surface area (Å²) in [4.78, 5) is 17.7. The Hall–Kier alpha value is -3.24. The molecule has 0 bridgehead atoms. The molecule has 1 aromatic carbocycles. The van der Waals surface area contributed by atoms with Crippen molar-refractivity contribution < 1.29 is 4.79 Å². The molecule has 0 spiro atoms. The van der Waals surface area contributed by atoms with Crippen LogP contribution in [0.2, 0.25) is 0 Å². The third-order valence-electron chi connectivity index (χ3n) is 5.12. The molecule has 0 saturated heterocycles. The van der Waals surface area contributed by atoms with E-state index in [-0.39, 0.29) is 11.8 Å². The summed E-state index contributed by atoms with van der Waals surface area (Å²) in [6.45, 7) is 2.98. The van der Waals surface area contributed by atoms with Crippen LogP contribution in [0.1, 0.15) is 30.1 Å². The number of aromatic amines is 1. The van der Waals surface area contributed by atoms with E-state index in [0.29, 0.717) is 13.1 Å². The zero-order chi connectivity index (χ0) is 21.4. The van der Waals surface area contributed by atoms with Crippen LogP contribution in [0.25, 0.3) is 5.82 Å². The van der Waals surface area contributed by atoms with E-state index in [2.05, 4.69) is 30.1 Å². The number of H-pyrrole nitrogens is 1. The SMILES string of the molecule is Cc1cc(NC2=CN(Sc3ccc(NC(=O)C4CC4)cc3)Cc3nc(CN)cn32)n[nH]1. The van der Waals surface area contributed by atoms with Crippen molar-refractivity contribution in [2.45, 2.75) is 37.8 Å². The molecule has 0 atom stereocenters. The van der Waals surface area contributed by atoms with Crippen LogP contribution in [-0.4, -0.2) is 30.0 Å². The first-order valence-electron chi connectivity index (χ1n) is 10.2. The van der Waals surface area contributed by atoms with Crippen molar-refractivity contribution in [2.24, 2.45) is 11.7 Å². The fraction of sp³-hybridized carbons (Fsp3) is 0.286. The van der Waals surface area contributed by atoms with Crippen LogP contribution in [0.5, 0.6) is 0 Å². The van der Waals surface area contributed by atoms with Crippen molar-refractivity contribution in [3.05, 3.63) is 59.9 Å². The van der Waals surface area contributed by atoms with Gasteiger partial charge in [0.1, 0.15) is 11.6 Å². The van der Waals surface area contributed by atoms with Gasteiger partial charge in [-0.25, -0.2) is 4.98 Å². The quantitative estimate of drug-likeness (QED) is 0.421. The third kappa shape index (κ3) is 4.44. The molecule has 1 aliphatic heterocycles. The zero-order valence-electron chi connectivity index (χ0n) is 17.1. The van der Waals surface area contributed by atoms with Gasteiger partial charge < -0.3 is 20.7 Å². The number of aryl methyl sites for hydroxylation is 1. The molecule has 1 fully saturated rings. The van der Waals surface area contributed by atoms with Gasteiger partial charge in [0, 0.05) is 41.0 Å². The molecule has 5 rings (SSSR count). The van der Waals surface area contributed by atoms with Gasteiger partial charge in [0.05, 0.1) is 18.4 Å². The van der Waals surface area contributed by atoms with Crippen molar-refractivity contribution in [1.82, 2.24) is 24.1 Å². The number of imidazole rings is 1. The summed E-state index contributed by atoms with van der Waals surface area (Å²) in [5.41, 5.74) is 8.46. The van der Waals surface area contributed by atoms with Crippen molar-refractivity contribution in [3.8, 4) is 0 Å². The van der Waals surface area contributed by atoms with Gasteiger partial charge >= 0.3 is 0 Å². The van der Waals surface area contributed by atoms with Crippen LogP contribution < -0.4 is 16.4 Å². The standard InChI is InChI=1S/C21H24N8OS/c1-13-8-18(27-26-13)25-20-12-28(11-19-23-16(9-22)10-29(19)20)31-17-6-4-15(5-7-17)24-21(30)14-2-3-14/h4-8,10,12,14H,2-3,9,11,22H2,1H3,(H,24,30)(H2,25,26,27). The number of anilines is 2. The molecule has 0 unspecified atom stereocenters. The number of nitrogens with one attached hydrogen (secondary N) is 3. The Morgan fingerprint density at radius 2 is 2.13 bits per heavy atom. The van der Waals surface area contributed by atoms with E-state index in [0.717, 1.165) is 52.3 Å². The number of nitrogens with two attached hydrogens (primary N) is 1. The van der Waals surface area contributed by atoms with Crippen LogP contribution in [-0.2, 0) is 17.9 Å². The highest BCUT2D eigenvalue weighted by atomic mass is 32.2.